The van der Waals surface area contributed by atoms with E-state index in [2.05, 4.69) is 28.8 Å². The van der Waals surface area contributed by atoms with Gasteiger partial charge >= 0.3 is 15.5 Å². The van der Waals surface area contributed by atoms with E-state index < -0.39 is 15.5 Å². The molecule has 10 rings (SSSR count). The summed E-state index contributed by atoms with van der Waals surface area (Å²) < 4.78 is 45.0. The molecule has 0 spiro atoms. The van der Waals surface area contributed by atoms with Gasteiger partial charge in [-0.1, -0.05) is 107 Å². The molecule has 4 aromatic carbocycles. The molecule has 0 saturated carbocycles. The van der Waals surface area contributed by atoms with Crippen LogP contribution in [-0.4, -0.2) is 4.89 Å². The summed E-state index contributed by atoms with van der Waals surface area (Å²) in [5.74, 6) is 1.36. The predicted molar refractivity (Wildman–Crippen MR) is 187 cm³/mol. The Hall–Kier alpha value is 0.552. The second-order valence-electron chi connectivity index (χ2n) is 14.2. The molecule has 6 aliphatic rings. The van der Waals surface area contributed by atoms with Crippen LogP contribution in [0, 0.1) is 144 Å². The molecule has 0 bridgehead atoms. The first-order valence-corrected chi connectivity index (χ1v) is 21.0. The Morgan fingerprint density at radius 1 is 0.453 bits per heavy atom. The number of benzene rings is 4. The second-order valence-corrected chi connectivity index (χ2v) is 17.6. The molecule has 4 aromatic rings. The van der Waals surface area contributed by atoms with Gasteiger partial charge in [0.25, 0.3) is 0 Å². The molecule has 7 nitrogen and oxygen atoms in total. The molecule has 0 atom stereocenters. The Labute approximate surface area is 403 Å². The van der Waals surface area contributed by atoms with E-state index in [1.807, 2.05) is 24.3 Å². The fourth-order valence-electron chi connectivity index (χ4n) is 9.00. The van der Waals surface area contributed by atoms with Crippen LogP contribution in [0.1, 0.15) is 95.9 Å². The summed E-state index contributed by atoms with van der Waals surface area (Å²) in [7, 11) is -8.88. The molecule has 0 saturated heterocycles. The third-order valence-electron chi connectivity index (χ3n) is 11.2. The SMILES string of the molecule is O=P1(N=P2(O)Oc3[c-]cc4c(c3-c3c([c-]cc5c3CCCC5)O2)CCCC4)Oc2[c-]cc3c(c2-c2c([c-]cc4c2CCCC4)O1)CCCC3.[Np].[Np].[Np].[Np]. The minimum atomic E-state index is -4.53. The molecule has 0 fully saturated rings. The molecule has 4 aliphatic carbocycles. The smallest absolute Gasteiger partial charge is 0.437 e. The van der Waals surface area contributed by atoms with Crippen LogP contribution in [0.25, 0.3) is 22.3 Å². The van der Waals surface area contributed by atoms with Gasteiger partial charge in [0.2, 0.25) is 0 Å². The van der Waals surface area contributed by atoms with Crippen molar-refractivity contribution in [3.8, 4) is 45.3 Å². The number of hydrogen-bond acceptors (Lipinski definition) is 5. The fraction of sp³-hybridized carbons (Fsp3) is 0.400. The molecule has 13 heteroatoms. The summed E-state index contributed by atoms with van der Waals surface area (Å²) >= 11 is 0. The third kappa shape index (κ3) is 7.88. The number of aryl methyl sites for hydroxylation is 4. The molecule has 0 aromatic heterocycles. The van der Waals surface area contributed by atoms with Crippen LogP contribution in [-0.2, 0) is 55.9 Å². The van der Waals surface area contributed by atoms with E-state index >= 15 is 4.57 Å². The van der Waals surface area contributed by atoms with Crippen molar-refractivity contribution in [3.63, 3.8) is 0 Å². The van der Waals surface area contributed by atoms with E-state index in [4.69, 9.17) is 18.1 Å². The first kappa shape index (κ1) is 43.1. The van der Waals surface area contributed by atoms with E-state index in [9.17, 15) is 4.89 Å². The molecule has 0 amide bonds. The summed E-state index contributed by atoms with van der Waals surface area (Å²) in [5, 5.41) is 0. The van der Waals surface area contributed by atoms with Gasteiger partial charge in [0.15, 0.2) is 0 Å². The van der Waals surface area contributed by atoms with Crippen LogP contribution in [0.15, 0.2) is 28.8 Å². The number of hydrogen-bond donors (Lipinski definition) is 1. The van der Waals surface area contributed by atoms with Gasteiger partial charge in [-0.25, -0.2) is 4.57 Å². The zero-order valence-electron chi connectivity index (χ0n) is 29.2. The molecule has 2 aliphatic heterocycles. The van der Waals surface area contributed by atoms with Crippen LogP contribution < -0.4 is 18.1 Å². The zero-order chi connectivity index (χ0) is 32.7. The van der Waals surface area contributed by atoms with Gasteiger partial charge in [-0.05, 0) is 0 Å². The van der Waals surface area contributed by atoms with Crippen LogP contribution in [0.2, 0.25) is 0 Å². The van der Waals surface area contributed by atoms with Crippen LogP contribution in [0.3, 0.4) is 0 Å². The first-order chi connectivity index (χ1) is 24.0. The van der Waals surface area contributed by atoms with Gasteiger partial charge in [0.1, 0.15) is 0 Å². The molecule has 272 valence electrons. The summed E-state index contributed by atoms with van der Waals surface area (Å²) in [6.07, 6.45) is 16.2. The van der Waals surface area contributed by atoms with Crippen molar-refractivity contribution in [3.05, 3.63) is 93.0 Å². The average molecular weight is 1640 g/mol. The van der Waals surface area contributed by atoms with Gasteiger partial charge in [0.05, 0.1) is 0 Å². The Kier molecular flexibility index (Phi) is 14.2. The zero-order valence-corrected chi connectivity index (χ0v) is 45.9. The van der Waals surface area contributed by atoms with E-state index in [-0.39, 0.29) is 120 Å². The molecule has 53 heavy (non-hydrogen) atoms. The van der Waals surface area contributed by atoms with Crippen molar-refractivity contribution in [2.24, 2.45) is 4.52 Å². The second kappa shape index (κ2) is 17.4. The molecule has 2 heterocycles. The van der Waals surface area contributed by atoms with Crippen LogP contribution >= 0.6 is 15.5 Å². The van der Waals surface area contributed by atoms with Gasteiger partial charge in [0, 0.05) is 143 Å². The van der Waals surface area contributed by atoms with Crippen molar-refractivity contribution >= 4 is 15.5 Å². The number of fused-ring (bicyclic) bond motifs is 14. The molecular weight excluding hydrogens is 1600 g/mol. The van der Waals surface area contributed by atoms with Gasteiger partial charge in [-0.15, -0.1) is 46.5 Å². The van der Waals surface area contributed by atoms with Crippen molar-refractivity contribution in [2.75, 3.05) is 0 Å². The maximum absolute atomic E-state index is 15.0. The minimum Gasteiger partial charge on any atom is -0.437 e. The first-order valence-electron chi connectivity index (χ1n) is 18.0. The molecular formula is C40H37NNp4O6P2-4. The van der Waals surface area contributed by atoms with Gasteiger partial charge < -0.3 is 18.1 Å². The van der Waals surface area contributed by atoms with Gasteiger partial charge in [-0.2, -0.15) is 68.8 Å². The third-order valence-corrected chi connectivity index (χ3v) is 14.7. The molecule has 0 unspecified atom stereocenters. The fourth-order valence-corrected chi connectivity index (χ4v) is 12.3. The van der Waals surface area contributed by atoms with Crippen molar-refractivity contribution in [2.45, 2.75) is 103 Å². The Morgan fingerprint density at radius 3 is 1.02 bits per heavy atom. The Bertz CT molecular complexity index is 2050. The van der Waals surface area contributed by atoms with E-state index in [0.29, 0.717) is 23.0 Å². The summed E-state index contributed by atoms with van der Waals surface area (Å²) in [6.45, 7) is 0. The maximum atomic E-state index is 15.0. The van der Waals surface area contributed by atoms with Crippen LogP contribution in [0.4, 0.5) is 0 Å². The largest absolute Gasteiger partial charge is 0.565 e. The average Bonchev–Trinajstić information content (AvgIpc) is 3.34. The van der Waals surface area contributed by atoms with Gasteiger partial charge in [-0.3, -0.25) is 4.89 Å². The van der Waals surface area contributed by atoms with E-state index in [0.717, 1.165) is 125 Å². The quantitative estimate of drug-likeness (QED) is 0.151. The van der Waals surface area contributed by atoms with Crippen molar-refractivity contribution in [1.29, 1.82) is 0 Å². The Morgan fingerprint density at radius 2 is 0.717 bits per heavy atom. The molecule has 4 radical (unpaired) electrons. The normalized spacial score (nSPS) is 19.0. The molecule has 1 N–H and O–H groups in total. The van der Waals surface area contributed by atoms with Crippen molar-refractivity contribution in [1.82, 2.24) is 0 Å². The van der Waals surface area contributed by atoms with E-state index in [1.165, 1.54) is 44.5 Å². The summed E-state index contributed by atoms with van der Waals surface area (Å²) in [5.41, 5.74) is 13.2. The van der Waals surface area contributed by atoms with E-state index in [1.54, 1.807) is 0 Å². The predicted octanol–water partition coefficient (Wildman–Crippen LogP) is 10.0. The summed E-state index contributed by atoms with van der Waals surface area (Å²) in [4.78, 5) is 12.3. The van der Waals surface area contributed by atoms with Crippen LogP contribution in [0.5, 0.6) is 23.0 Å². The topological polar surface area (TPSA) is 86.6 Å². The monoisotopic (exact) mass is 1630 g/mol. The summed E-state index contributed by atoms with van der Waals surface area (Å²) in [6, 6.07) is 21.1. The number of nitrogens with zero attached hydrogens (tertiary/aromatic N) is 1. The van der Waals surface area contributed by atoms with Crippen molar-refractivity contribution < 1.29 is 147 Å². The minimum absolute atomic E-state index is 0. The standard InChI is InChI=1S/C40H37NO6P2.4Np/c42-48(44-33-21-17-25-9-1-5-13-29(25)37(33)38-30-14-6-2-10-26(30)18-22-34(38)45-48)41-49(43)46-35-23-19-27-11-3-7-15-31(27)39(35)40-32-16-8-4-12-28(32)20-24-36(40)47-49;;;;/h17-20,42H,1-16H2;;;;/q-4;;;;. The Balaban J connectivity index is 0.00000120. The number of rotatable bonds is 1. The maximum Gasteiger partial charge on any atom is 0.565 e.